The van der Waals surface area contributed by atoms with E-state index < -0.39 is 11.2 Å². The van der Waals surface area contributed by atoms with Crippen LogP contribution in [0.3, 0.4) is 0 Å². The minimum Gasteiger partial charge on any atom is -0.349 e. The predicted molar refractivity (Wildman–Crippen MR) is 63.8 cm³/mol. The van der Waals surface area contributed by atoms with Gasteiger partial charge in [-0.2, -0.15) is 13.2 Å². The summed E-state index contributed by atoms with van der Waals surface area (Å²) in [7, 11) is 1.76. The Balaban J connectivity index is 1.96. The average Bonchev–Trinajstić information content (AvgIpc) is 2.79. The first kappa shape index (κ1) is 13.5. The first-order valence-electron chi connectivity index (χ1n) is 5.79. The first-order chi connectivity index (χ1) is 8.47. The van der Waals surface area contributed by atoms with Crippen LogP contribution in [0, 0.1) is 5.92 Å². The van der Waals surface area contributed by atoms with Gasteiger partial charge in [0.05, 0.1) is 0 Å². The molecular formula is C10H15F3N4S. The van der Waals surface area contributed by atoms with Crippen molar-refractivity contribution in [2.45, 2.75) is 19.0 Å². The van der Waals surface area contributed by atoms with Gasteiger partial charge in [-0.1, -0.05) is 11.3 Å². The summed E-state index contributed by atoms with van der Waals surface area (Å²) in [6, 6.07) is 0. The monoisotopic (exact) mass is 280 g/mol. The van der Waals surface area contributed by atoms with E-state index in [9.17, 15) is 13.2 Å². The van der Waals surface area contributed by atoms with E-state index in [0.29, 0.717) is 28.9 Å². The van der Waals surface area contributed by atoms with Crippen LogP contribution in [0.2, 0.25) is 0 Å². The molecule has 102 valence electrons. The maximum Gasteiger partial charge on any atom is 0.445 e. The highest BCUT2D eigenvalue weighted by Gasteiger charge is 2.36. The number of hydrogen-bond acceptors (Lipinski definition) is 5. The number of rotatable bonds is 3. The molecule has 1 saturated heterocycles. The number of halogens is 3. The molecule has 1 aromatic heterocycles. The lowest BCUT2D eigenvalue weighted by atomic mass is 9.99. The van der Waals surface area contributed by atoms with Crippen molar-refractivity contribution in [2.75, 3.05) is 31.6 Å². The Bertz CT molecular complexity index is 387. The number of nitrogens with zero attached hydrogens (tertiary/aromatic N) is 3. The average molecular weight is 280 g/mol. The number of anilines is 1. The molecule has 2 heterocycles. The summed E-state index contributed by atoms with van der Waals surface area (Å²) in [5.41, 5.74) is 0. The molecule has 0 bridgehead atoms. The molecule has 1 unspecified atom stereocenters. The molecule has 0 spiro atoms. The van der Waals surface area contributed by atoms with Crippen LogP contribution in [0.25, 0.3) is 0 Å². The highest BCUT2D eigenvalue weighted by atomic mass is 32.1. The lowest BCUT2D eigenvalue weighted by Crippen LogP contribution is -2.36. The van der Waals surface area contributed by atoms with Gasteiger partial charge < -0.3 is 10.2 Å². The van der Waals surface area contributed by atoms with Gasteiger partial charge in [0, 0.05) is 13.6 Å². The standard InChI is InChI=1S/C10H15F3N4S/c1-17(6-7-3-2-4-14-5-7)9-16-15-8(18-9)10(11,12)13/h7,14H,2-6H2,1H3. The Labute approximate surface area is 107 Å². The maximum atomic E-state index is 12.4. The van der Waals surface area contributed by atoms with Crippen LogP contribution in [0.4, 0.5) is 18.3 Å². The fraction of sp³-hybridized carbons (Fsp3) is 0.800. The second-order valence-electron chi connectivity index (χ2n) is 4.48. The number of alkyl halides is 3. The molecule has 0 saturated carbocycles. The van der Waals surface area contributed by atoms with Gasteiger partial charge in [-0.25, -0.2) is 0 Å². The summed E-state index contributed by atoms with van der Waals surface area (Å²) in [5.74, 6) is 0.460. The predicted octanol–water partition coefficient (Wildman–Crippen LogP) is 1.99. The van der Waals surface area contributed by atoms with Gasteiger partial charge in [-0.05, 0) is 31.8 Å². The zero-order valence-corrected chi connectivity index (χ0v) is 10.8. The number of nitrogens with one attached hydrogen (secondary N) is 1. The van der Waals surface area contributed by atoms with Crippen molar-refractivity contribution in [3.8, 4) is 0 Å². The van der Waals surface area contributed by atoms with E-state index in [2.05, 4.69) is 15.5 Å². The van der Waals surface area contributed by atoms with Gasteiger partial charge in [0.25, 0.3) is 0 Å². The molecule has 0 aromatic carbocycles. The second kappa shape index (κ2) is 5.40. The van der Waals surface area contributed by atoms with Crippen LogP contribution in [-0.4, -0.2) is 36.9 Å². The minimum absolute atomic E-state index is 0.327. The molecule has 1 aliphatic rings. The topological polar surface area (TPSA) is 41.0 Å². The van der Waals surface area contributed by atoms with Crippen molar-refractivity contribution in [2.24, 2.45) is 5.92 Å². The Morgan fingerprint density at radius 2 is 2.22 bits per heavy atom. The quantitative estimate of drug-likeness (QED) is 0.919. The second-order valence-corrected chi connectivity index (χ2v) is 5.44. The van der Waals surface area contributed by atoms with Crippen molar-refractivity contribution in [1.82, 2.24) is 15.5 Å². The smallest absolute Gasteiger partial charge is 0.349 e. The van der Waals surface area contributed by atoms with E-state index in [0.717, 1.165) is 25.9 Å². The molecule has 8 heteroatoms. The van der Waals surface area contributed by atoms with Crippen LogP contribution in [0.15, 0.2) is 0 Å². The first-order valence-corrected chi connectivity index (χ1v) is 6.61. The van der Waals surface area contributed by atoms with Gasteiger partial charge in [-0.3, -0.25) is 0 Å². The Hall–Kier alpha value is -0.890. The van der Waals surface area contributed by atoms with Gasteiger partial charge in [0.15, 0.2) is 0 Å². The van der Waals surface area contributed by atoms with E-state index >= 15 is 0 Å². The molecule has 0 aliphatic carbocycles. The molecule has 0 amide bonds. The summed E-state index contributed by atoms with van der Waals surface area (Å²) in [6.45, 7) is 2.64. The van der Waals surface area contributed by atoms with Crippen LogP contribution in [-0.2, 0) is 6.18 Å². The lowest BCUT2D eigenvalue weighted by Gasteiger charge is -2.27. The van der Waals surface area contributed by atoms with Crippen LogP contribution in [0.5, 0.6) is 0 Å². The van der Waals surface area contributed by atoms with E-state index in [4.69, 9.17) is 0 Å². The van der Waals surface area contributed by atoms with E-state index in [-0.39, 0.29) is 0 Å². The number of aromatic nitrogens is 2. The van der Waals surface area contributed by atoms with Crippen molar-refractivity contribution in [1.29, 1.82) is 0 Å². The third-order valence-electron chi connectivity index (χ3n) is 2.91. The maximum absolute atomic E-state index is 12.4. The largest absolute Gasteiger partial charge is 0.445 e. The molecular weight excluding hydrogens is 265 g/mol. The van der Waals surface area contributed by atoms with E-state index in [1.54, 1.807) is 11.9 Å². The molecule has 0 radical (unpaired) electrons. The molecule has 1 N–H and O–H groups in total. The molecule has 2 rings (SSSR count). The summed E-state index contributed by atoms with van der Waals surface area (Å²) in [4.78, 5) is 1.75. The van der Waals surface area contributed by atoms with Crippen molar-refractivity contribution in [3.63, 3.8) is 0 Å². The summed E-state index contributed by atoms with van der Waals surface area (Å²) in [6.07, 6.45) is -2.19. The molecule has 1 aromatic rings. The van der Waals surface area contributed by atoms with E-state index in [1.165, 1.54) is 0 Å². The Morgan fingerprint density at radius 3 is 2.78 bits per heavy atom. The van der Waals surface area contributed by atoms with Crippen LogP contribution in [0.1, 0.15) is 17.8 Å². The molecule has 1 atom stereocenters. The third kappa shape index (κ3) is 3.32. The highest BCUT2D eigenvalue weighted by Crippen LogP contribution is 2.34. The summed E-state index contributed by atoms with van der Waals surface area (Å²) < 4.78 is 37.2. The van der Waals surface area contributed by atoms with Crippen molar-refractivity contribution in [3.05, 3.63) is 5.01 Å². The molecule has 1 fully saturated rings. The number of piperidine rings is 1. The van der Waals surface area contributed by atoms with Crippen molar-refractivity contribution < 1.29 is 13.2 Å². The normalized spacial score (nSPS) is 21.0. The zero-order chi connectivity index (χ0) is 13.2. The summed E-state index contributed by atoms with van der Waals surface area (Å²) in [5, 5.41) is 9.52. The van der Waals surface area contributed by atoms with Crippen LogP contribution >= 0.6 is 11.3 Å². The Kier molecular flexibility index (Phi) is 4.06. The fourth-order valence-corrected chi connectivity index (χ4v) is 2.71. The van der Waals surface area contributed by atoms with Gasteiger partial charge >= 0.3 is 6.18 Å². The van der Waals surface area contributed by atoms with E-state index in [1.807, 2.05) is 0 Å². The zero-order valence-electron chi connectivity index (χ0n) is 10.00. The lowest BCUT2D eigenvalue weighted by molar-refractivity contribution is -0.138. The SMILES string of the molecule is CN(CC1CCCNC1)c1nnc(C(F)(F)F)s1. The third-order valence-corrected chi connectivity index (χ3v) is 4.00. The minimum atomic E-state index is -4.40. The highest BCUT2D eigenvalue weighted by molar-refractivity contribution is 7.15. The molecule has 4 nitrogen and oxygen atoms in total. The molecule has 18 heavy (non-hydrogen) atoms. The van der Waals surface area contributed by atoms with Crippen LogP contribution < -0.4 is 10.2 Å². The van der Waals surface area contributed by atoms with Gasteiger partial charge in [-0.15, -0.1) is 10.2 Å². The number of hydrogen-bond donors (Lipinski definition) is 1. The fourth-order valence-electron chi connectivity index (χ4n) is 2.03. The molecule has 1 aliphatic heterocycles. The van der Waals surface area contributed by atoms with Gasteiger partial charge in [0.2, 0.25) is 10.1 Å². The Morgan fingerprint density at radius 1 is 1.44 bits per heavy atom. The van der Waals surface area contributed by atoms with Gasteiger partial charge in [0.1, 0.15) is 0 Å². The van der Waals surface area contributed by atoms with Crippen molar-refractivity contribution >= 4 is 16.5 Å². The summed E-state index contributed by atoms with van der Waals surface area (Å²) >= 11 is 0.595.